The molecule has 0 saturated carbocycles. The van der Waals surface area contributed by atoms with Gasteiger partial charge < -0.3 is 15.2 Å². The minimum absolute atomic E-state index is 0.131. The Morgan fingerprint density at radius 2 is 2.04 bits per heavy atom. The summed E-state index contributed by atoms with van der Waals surface area (Å²) in [6.07, 6.45) is 0.906. The molecule has 3 N–H and O–H groups in total. The Labute approximate surface area is 131 Å². The molecule has 2 atom stereocenters. The van der Waals surface area contributed by atoms with Gasteiger partial charge in [-0.15, -0.1) is 0 Å². The van der Waals surface area contributed by atoms with E-state index in [-0.39, 0.29) is 6.61 Å². The van der Waals surface area contributed by atoms with Crippen molar-refractivity contribution in [1.82, 2.24) is 5.32 Å². The van der Waals surface area contributed by atoms with E-state index < -0.39 is 36.0 Å². The first-order chi connectivity index (χ1) is 11.0. The zero-order valence-electron chi connectivity index (χ0n) is 12.0. The van der Waals surface area contributed by atoms with E-state index in [4.69, 9.17) is 15.2 Å². The summed E-state index contributed by atoms with van der Waals surface area (Å²) in [7, 11) is 0. The highest BCUT2D eigenvalue weighted by molar-refractivity contribution is 6.21. The van der Waals surface area contributed by atoms with Gasteiger partial charge in [0, 0.05) is 6.08 Å². The van der Waals surface area contributed by atoms with Crippen LogP contribution in [-0.2, 0) is 35.3 Å². The maximum Gasteiger partial charge on any atom is 0.351 e. The van der Waals surface area contributed by atoms with Gasteiger partial charge in [0.2, 0.25) is 5.91 Å². The van der Waals surface area contributed by atoms with Crippen LogP contribution in [0.25, 0.3) is 0 Å². The lowest BCUT2D eigenvalue weighted by molar-refractivity contribution is -0.178. The SMILES string of the molecule is NC1C(=O)NC(=O)C1(OCc1ccccc1)C(=O)OCC=C=O. The number of nitrogens with two attached hydrogens (primary N) is 1. The number of amides is 2. The van der Waals surface area contributed by atoms with Crippen molar-refractivity contribution in [2.45, 2.75) is 18.2 Å². The summed E-state index contributed by atoms with van der Waals surface area (Å²) in [4.78, 5) is 46.1. The highest BCUT2D eigenvalue weighted by Gasteiger charge is 2.62. The van der Waals surface area contributed by atoms with Gasteiger partial charge in [-0.05, 0) is 5.56 Å². The Morgan fingerprint density at radius 1 is 1.35 bits per heavy atom. The van der Waals surface area contributed by atoms with Crippen LogP contribution >= 0.6 is 0 Å². The molecule has 0 bridgehead atoms. The molecule has 0 spiro atoms. The molecule has 1 saturated heterocycles. The standard InChI is InChI=1S/C15H14N2O6/c16-11-12(19)17-13(20)15(11,14(21)22-8-4-7-18)23-9-10-5-2-1-3-6-10/h1-6,11H,8-9,16H2,(H,17,19,20). The van der Waals surface area contributed by atoms with Gasteiger partial charge in [0.15, 0.2) is 0 Å². The molecule has 0 aromatic heterocycles. The van der Waals surface area contributed by atoms with Crippen LogP contribution in [0.1, 0.15) is 5.56 Å². The van der Waals surface area contributed by atoms with E-state index in [2.05, 4.69) is 0 Å². The monoisotopic (exact) mass is 318 g/mol. The lowest BCUT2D eigenvalue weighted by atomic mass is 9.97. The second kappa shape index (κ2) is 6.97. The zero-order chi connectivity index (χ0) is 16.9. The Hall–Kier alpha value is -2.80. The molecule has 1 aromatic rings. The fourth-order valence-electron chi connectivity index (χ4n) is 2.07. The Bertz CT molecular complexity index is 668. The number of esters is 1. The Kier molecular flexibility index (Phi) is 5.02. The van der Waals surface area contributed by atoms with Crippen molar-refractivity contribution < 1.29 is 28.7 Å². The first-order valence-electron chi connectivity index (χ1n) is 6.67. The lowest BCUT2D eigenvalue weighted by Crippen LogP contribution is -2.59. The Morgan fingerprint density at radius 3 is 2.61 bits per heavy atom. The molecular weight excluding hydrogens is 304 g/mol. The second-order valence-corrected chi connectivity index (χ2v) is 4.73. The summed E-state index contributed by atoms with van der Waals surface area (Å²) in [5, 5.41) is 1.95. The van der Waals surface area contributed by atoms with Crippen LogP contribution in [0, 0.1) is 0 Å². The molecule has 2 unspecified atom stereocenters. The van der Waals surface area contributed by atoms with Gasteiger partial charge in [0.05, 0.1) is 6.61 Å². The van der Waals surface area contributed by atoms with E-state index in [1.54, 1.807) is 30.3 Å². The van der Waals surface area contributed by atoms with Crippen molar-refractivity contribution >= 4 is 23.7 Å². The highest BCUT2D eigenvalue weighted by atomic mass is 16.6. The highest BCUT2D eigenvalue weighted by Crippen LogP contribution is 2.25. The molecule has 1 aromatic carbocycles. The molecule has 2 rings (SSSR count). The van der Waals surface area contributed by atoms with Gasteiger partial charge in [0.1, 0.15) is 18.6 Å². The lowest BCUT2D eigenvalue weighted by Gasteiger charge is -2.26. The average molecular weight is 318 g/mol. The van der Waals surface area contributed by atoms with Crippen LogP contribution in [0.4, 0.5) is 0 Å². The molecule has 1 aliphatic rings. The summed E-state index contributed by atoms with van der Waals surface area (Å²) in [5.74, 6) is -1.56. The number of imide groups is 1. The maximum atomic E-state index is 12.2. The van der Waals surface area contributed by atoms with Gasteiger partial charge in [0.25, 0.3) is 11.5 Å². The molecule has 8 heteroatoms. The van der Waals surface area contributed by atoms with Gasteiger partial charge in [-0.1, -0.05) is 30.3 Å². The quantitative estimate of drug-likeness (QED) is 0.294. The first-order valence-corrected chi connectivity index (χ1v) is 6.67. The third-order valence-corrected chi connectivity index (χ3v) is 3.29. The van der Waals surface area contributed by atoms with Gasteiger partial charge in [-0.2, -0.15) is 0 Å². The molecular formula is C15H14N2O6. The Balaban J connectivity index is 2.24. The van der Waals surface area contributed by atoms with Crippen LogP contribution in [0.2, 0.25) is 0 Å². The summed E-state index contributed by atoms with van der Waals surface area (Å²) in [6, 6.07) is 7.17. The number of carbonyl (C=O) groups is 3. The number of hydrogen-bond donors (Lipinski definition) is 2. The maximum absolute atomic E-state index is 12.2. The van der Waals surface area contributed by atoms with Gasteiger partial charge in [-0.3, -0.25) is 14.9 Å². The van der Waals surface area contributed by atoms with Crippen molar-refractivity contribution in [2.24, 2.45) is 5.73 Å². The fraction of sp³-hybridized carbons (Fsp3) is 0.267. The molecule has 23 heavy (non-hydrogen) atoms. The van der Waals surface area contributed by atoms with E-state index >= 15 is 0 Å². The van der Waals surface area contributed by atoms with E-state index in [1.807, 2.05) is 5.32 Å². The predicted octanol–water partition coefficient (Wildman–Crippen LogP) is -1.14. The van der Waals surface area contributed by atoms with E-state index in [1.165, 1.54) is 5.94 Å². The molecule has 8 nitrogen and oxygen atoms in total. The number of rotatable bonds is 6. The summed E-state index contributed by atoms with van der Waals surface area (Å²) in [5.41, 5.74) is 4.06. The normalized spacial score (nSPS) is 23.1. The smallest absolute Gasteiger partial charge is 0.351 e. The first kappa shape index (κ1) is 16.6. The zero-order valence-corrected chi connectivity index (χ0v) is 12.0. The number of benzene rings is 1. The second-order valence-electron chi connectivity index (χ2n) is 4.73. The van der Waals surface area contributed by atoms with Crippen molar-refractivity contribution in [1.29, 1.82) is 0 Å². The van der Waals surface area contributed by atoms with Crippen LogP contribution in [0.5, 0.6) is 0 Å². The van der Waals surface area contributed by atoms with Gasteiger partial charge in [-0.25, -0.2) is 9.59 Å². The third-order valence-electron chi connectivity index (χ3n) is 3.29. The van der Waals surface area contributed by atoms with Crippen LogP contribution in [0.15, 0.2) is 36.4 Å². The number of ether oxygens (including phenoxy) is 2. The molecule has 1 fully saturated rings. The van der Waals surface area contributed by atoms with Crippen LogP contribution in [0.3, 0.4) is 0 Å². The summed E-state index contributed by atoms with van der Waals surface area (Å²) in [6.45, 7) is -0.541. The fourth-order valence-corrected chi connectivity index (χ4v) is 2.07. The van der Waals surface area contributed by atoms with E-state index in [9.17, 15) is 19.2 Å². The molecule has 2 amide bonds. The number of nitrogens with one attached hydrogen (secondary N) is 1. The van der Waals surface area contributed by atoms with E-state index in [0.29, 0.717) is 5.56 Å². The topological polar surface area (TPSA) is 125 Å². The summed E-state index contributed by atoms with van der Waals surface area (Å²) >= 11 is 0. The van der Waals surface area contributed by atoms with E-state index in [0.717, 1.165) is 6.08 Å². The third kappa shape index (κ3) is 3.19. The van der Waals surface area contributed by atoms with Gasteiger partial charge >= 0.3 is 5.97 Å². The predicted molar refractivity (Wildman–Crippen MR) is 76.3 cm³/mol. The molecule has 120 valence electrons. The minimum atomic E-state index is -2.29. The molecule has 1 aliphatic heterocycles. The van der Waals surface area contributed by atoms with Crippen molar-refractivity contribution in [3.63, 3.8) is 0 Å². The van der Waals surface area contributed by atoms with Crippen molar-refractivity contribution in [2.75, 3.05) is 6.61 Å². The summed E-state index contributed by atoms with van der Waals surface area (Å²) < 4.78 is 10.2. The van der Waals surface area contributed by atoms with Crippen molar-refractivity contribution in [3.05, 3.63) is 42.0 Å². The van der Waals surface area contributed by atoms with Crippen molar-refractivity contribution in [3.8, 4) is 0 Å². The molecule has 0 radical (unpaired) electrons. The number of hydrogen-bond acceptors (Lipinski definition) is 7. The van der Waals surface area contributed by atoms with Crippen LogP contribution in [-0.4, -0.2) is 42.0 Å². The largest absolute Gasteiger partial charge is 0.458 e. The number of carbonyl (C=O) groups excluding carboxylic acids is 4. The molecule has 0 aliphatic carbocycles. The van der Waals surface area contributed by atoms with Crippen LogP contribution < -0.4 is 11.1 Å². The molecule has 1 heterocycles. The average Bonchev–Trinajstić information content (AvgIpc) is 2.77. The minimum Gasteiger partial charge on any atom is -0.458 e.